The molecule has 4 heteroatoms. The highest BCUT2D eigenvalue weighted by atomic mass is 16.5. The Morgan fingerprint density at radius 3 is 2.46 bits per heavy atom. The number of nitrogens with two attached hydrogens (primary N) is 2. The van der Waals surface area contributed by atoms with E-state index < -0.39 is 0 Å². The molecule has 0 aromatic heterocycles. The molecule has 0 aliphatic carbocycles. The molecular formula is C9H18N2O2. The van der Waals surface area contributed by atoms with E-state index in [0.717, 1.165) is 12.8 Å². The van der Waals surface area contributed by atoms with E-state index in [-0.39, 0.29) is 23.8 Å². The molecule has 0 aromatic carbocycles. The summed E-state index contributed by atoms with van der Waals surface area (Å²) in [6.45, 7) is 3.26. The van der Waals surface area contributed by atoms with Crippen molar-refractivity contribution in [2.45, 2.75) is 43.6 Å². The third kappa shape index (κ3) is 1.59. The van der Waals surface area contributed by atoms with Gasteiger partial charge >= 0.3 is 0 Å². The van der Waals surface area contributed by atoms with Crippen LogP contribution >= 0.6 is 0 Å². The van der Waals surface area contributed by atoms with Gasteiger partial charge < -0.3 is 20.9 Å². The minimum absolute atomic E-state index is 0.125. The first kappa shape index (κ1) is 9.40. The molecule has 13 heavy (non-hydrogen) atoms. The molecule has 0 bridgehead atoms. The lowest BCUT2D eigenvalue weighted by Crippen LogP contribution is -2.67. The van der Waals surface area contributed by atoms with E-state index >= 15 is 0 Å². The van der Waals surface area contributed by atoms with Crippen LogP contribution in [0.5, 0.6) is 0 Å². The first-order valence-electron chi connectivity index (χ1n) is 4.89. The van der Waals surface area contributed by atoms with Gasteiger partial charge in [-0.1, -0.05) is 0 Å². The number of hydrogen-bond donors (Lipinski definition) is 2. The summed E-state index contributed by atoms with van der Waals surface area (Å²) in [5, 5.41) is 0. The quantitative estimate of drug-likeness (QED) is 0.585. The molecule has 1 unspecified atom stereocenters. The fourth-order valence-electron chi connectivity index (χ4n) is 1.95. The zero-order valence-corrected chi connectivity index (χ0v) is 8.03. The summed E-state index contributed by atoms with van der Waals surface area (Å²) in [6.07, 6.45) is 2.23. The first-order valence-corrected chi connectivity index (χ1v) is 4.89. The lowest BCUT2D eigenvalue weighted by Gasteiger charge is -2.47. The summed E-state index contributed by atoms with van der Waals surface area (Å²) in [5.41, 5.74) is 11.7. The molecule has 0 aromatic rings. The van der Waals surface area contributed by atoms with Crippen LogP contribution in [0.25, 0.3) is 0 Å². The highest BCUT2D eigenvalue weighted by Gasteiger charge is 2.45. The summed E-state index contributed by atoms with van der Waals surface area (Å²) < 4.78 is 10.9. The number of ether oxygens (including phenoxy) is 2. The van der Waals surface area contributed by atoms with Gasteiger partial charge in [0.1, 0.15) is 0 Å². The zero-order valence-electron chi connectivity index (χ0n) is 8.03. The molecule has 0 radical (unpaired) electrons. The minimum Gasteiger partial charge on any atom is -0.377 e. The van der Waals surface area contributed by atoms with Crippen LogP contribution in [0.1, 0.15) is 19.8 Å². The maximum absolute atomic E-state index is 6.09. The Balaban J connectivity index is 1.94. The smallest absolute Gasteiger partial charge is 0.0893 e. The molecular weight excluding hydrogens is 168 g/mol. The fraction of sp³-hybridized carbons (Fsp3) is 1.00. The standard InChI is InChI=1S/C9H18N2O2/c1-6-7(10)2-3-8(13-6)9(11)4-12-5-9/h6-8H,2-5,10-11H2,1H3/t6-,7-,8?/m1/s1. The van der Waals surface area contributed by atoms with Crippen molar-refractivity contribution in [2.24, 2.45) is 11.5 Å². The van der Waals surface area contributed by atoms with Gasteiger partial charge in [-0.2, -0.15) is 0 Å². The summed E-state index contributed by atoms with van der Waals surface area (Å²) in [4.78, 5) is 0. The second kappa shape index (κ2) is 3.20. The van der Waals surface area contributed by atoms with Crippen LogP contribution in [-0.2, 0) is 9.47 Å². The molecule has 0 spiro atoms. The highest BCUT2D eigenvalue weighted by molar-refractivity contribution is 5.00. The Bertz CT molecular complexity index is 194. The van der Waals surface area contributed by atoms with E-state index in [0.29, 0.717) is 13.2 Å². The summed E-state index contributed by atoms with van der Waals surface area (Å²) in [7, 11) is 0. The molecule has 0 saturated carbocycles. The van der Waals surface area contributed by atoms with Gasteiger partial charge in [0.25, 0.3) is 0 Å². The molecule has 4 N–H and O–H groups in total. The van der Waals surface area contributed by atoms with Crippen LogP contribution < -0.4 is 11.5 Å². The third-order valence-corrected chi connectivity index (χ3v) is 3.13. The molecule has 2 saturated heterocycles. The van der Waals surface area contributed by atoms with E-state index in [2.05, 4.69) is 0 Å². The monoisotopic (exact) mass is 186 g/mol. The average molecular weight is 186 g/mol. The second-order valence-electron chi connectivity index (χ2n) is 4.30. The lowest BCUT2D eigenvalue weighted by molar-refractivity contribution is -0.166. The molecule has 2 fully saturated rings. The van der Waals surface area contributed by atoms with Crippen LogP contribution in [0.2, 0.25) is 0 Å². The van der Waals surface area contributed by atoms with Crippen LogP contribution in [0.4, 0.5) is 0 Å². The van der Waals surface area contributed by atoms with Crippen LogP contribution in [0.15, 0.2) is 0 Å². The molecule has 2 rings (SSSR count). The zero-order chi connectivity index (χ0) is 9.47. The van der Waals surface area contributed by atoms with E-state index in [1.165, 1.54) is 0 Å². The van der Waals surface area contributed by atoms with Crippen molar-refractivity contribution in [3.8, 4) is 0 Å². The van der Waals surface area contributed by atoms with Crippen LogP contribution in [0.3, 0.4) is 0 Å². The van der Waals surface area contributed by atoms with E-state index in [4.69, 9.17) is 20.9 Å². The fourth-order valence-corrected chi connectivity index (χ4v) is 1.95. The van der Waals surface area contributed by atoms with Gasteiger partial charge in [0.15, 0.2) is 0 Å². The maximum atomic E-state index is 6.09. The van der Waals surface area contributed by atoms with Gasteiger partial charge in [-0.15, -0.1) is 0 Å². The maximum Gasteiger partial charge on any atom is 0.0893 e. The Labute approximate surface area is 78.6 Å². The van der Waals surface area contributed by atoms with Gasteiger partial charge in [0.05, 0.1) is 31.0 Å². The largest absolute Gasteiger partial charge is 0.377 e. The van der Waals surface area contributed by atoms with Crippen molar-refractivity contribution in [2.75, 3.05) is 13.2 Å². The van der Waals surface area contributed by atoms with Crippen molar-refractivity contribution < 1.29 is 9.47 Å². The molecule has 0 amide bonds. The van der Waals surface area contributed by atoms with Gasteiger partial charge in [-0.05, 0) is 19.8 Å². The SMILES string of the molecule is C[C@H]1OC(C2(N)COC2)CC[C@H]1N. The van der Waals surface area contributed by atoms with Crippen LogP contribution in [-0.4, -0.2) is 37.0 Å². The Kier molecular flexibility index (Phi) is 2.32. The summed E-state index contributed by atoms with van der Waals surface area (Å²) in [5.74, 6) is 0. The summed E-state index contributed by atoms with van der Waals surface area (Å²) >= 11 is 0. The predicted octanol–water partition coefficient (Wildman–Crippen LogP) is -0.391. The van der Waals surface area contributed by atoms with Crippen molar-refractivity contribution in [1.29, 1.82) is 0 Å². The van der Waals surface area contributed by atoms with E-state index in [9.17, 15) is 0 Å². The molecule has 2 heterocycles. The Morgan fingerprint density at radius 1 is 1.31 bits per heavy atom. The predicted molar refractivity (Wildman–Crippen MR) is 49.3 cm³/mol. The van der Waals surface area contributed by atoms with Gasteiger partial charge in [-0.3, -0.25) is 0 Å². The van der Waals surface area contributed by atoms with Gasteiger partial charge in [-0.25, -0.2) is 0 Å². The van der Waals surface area contributed by atoms with Gasteiger partial charge in [0, 0.05) is 6.04 Å². The van der Waals surface area contributed by atoms with Crippen molar-refractivity contribution in [1.82, 2.24) is 0 Å². The average Bonchev–Trinajstić information content (AvgIpc) is 2.06. The molecule has 2 aliphatic heterocycles. The lowest BCUT2D eigenvalue weighted by atomic mass is 9.85. The van der Waals surface area contributed by atoms with E-state index in [1.54, 1.807) is 0 Å². The number of hydrogen-bond acceptors (Lipinski definition) is 4. The van der Waals surface area contributed by atoms with Crippen LogP contribution in [0, 0.1) is 0 Å². The van der Waals surface area contributed by atoms with Gasteiger partial charge in [0.2, 0.25) is 0 Å². The van der Waals surface area contributed by atoms with Crippen molar-refractivity contribution in [3.05, 3.63) is 0 Å². The van der Waals surface area contributed by atoms with Crippen molar-refractivity contribution in [3.63, 3.8) is 0 Å². The first-order chi connectivity index (χ1) is 6.12. The third-order valence-electron chi connectivity index (χ3n) is 3.13. The van der Waals surface area contributed by atoms with Crippen molar-refractivity contribution >= 4 is 0 Å². The molecule has 4 nitrogen and oxygen atoms in total. The Hall–Kier alpha value is -0.160. The molecule has 3 atom stereocenters. The highest BCUT2D eigenvalue weighted by Crippen LogP contribution is 2.29. The summed E-state index contributed by atoms with van der Waals surface area (Å²) in [6, 6.07) is 0.167. The van der Waals surface area contributed by atoms with E-state index in [1.807, 2.05) is 6.92 Å². The Morgan fingerprint density at radius 2 is 2.00 bits per heavy atom. The number of rotatable bonds is 1. The minimum atomic E-state index is -0.242. The molecule has 2 aliphatic rings. The second-order valence-corrected chi connectivity index (χ2v) is 4.30. The normalized spacial score (nSPS) is 44.1. The molecule has 76 valence electrons. The topological polar surface area (TPSA) is 70.5 Å².